The van der Waals surface area contributed by atoms with Crippen molar-refractivity contribution in [3.8, 4) is 0 Å². The molecule has 1 rings (SSSR count). The van der Waals surface area contributed by atoms with Gasteiger partial charge in [-0.3, -0.25) is 0 Å². The lowest BCUT2D eigenvalue weighted by atomic mass is 9.99. The van der Waals surface area contributed by atoms with E-state index in [-0.39, 0.29) is 0 Å². The van der Waals surface area contributed by atoms with Crippen molar-refractivity contribution in [2.75, 3.05) is 19.8 Å². The molecule has 7 atom stereocenters. The van der Waals surface area contributed by atoms with Crippen LogP contribution in [0.15, 0.2) is 0 Å². The maximum absolute atomic E-state index is 9.66. The highest BCUT2D eigenvalue weighted by atomic mass is 16.7. The molecule has 1 saturated heterocycles. The minimum absolute atomic E-state index is 0.490. The Morgan fingerprint density at radius 2 is 1.75 bits per heavy atom. The lowest BCUT2D eigenvalue weighted by Gasteiger charge is -2.40. The van der Waals surface area contributed by atoms with Gasteiger partial charge in [0.25, 0.3) is 0 Å². The quantitative estimate of drug-likeness (QED) is 0.258. The van der Waals surface area contributed by atoms with E-state index in [1.807, 2.05) is 0 Å². The van der Waals surface area contributed by atoms with Crippen molar-refractivity contribution in [2.45, 2.75) is 49.3 Å². The third kappa shape index (κ3) is 3.85. The highest BCUT2D eigenvalue weighted by molar-refractivity contribution is 4.89. The number of aliphatic hydroxyl groups excluding tert-OH is 6. The van der Waals surface area contributed by atoms with E-state index in [2.05, 4.69) is 0 Å². The van der Waals surface area contributed by atoms with Crippen molar-refractivity contribution in [1.29, 1.82) is 0 Å². The highest BCUT2D eigenvalue weighted by Crippen LogP contribution is 2.22. The van der Waals surface area contributed by atoms with Gasteiger partial charge in [-0.25, -0.2) is 0 Å². The van der Waals surface area contributed by atoms with Crippen molar-refractivity contribution in [2.24, 2.45) is 0 Å². The van der Waals surface area contributed by atoms with Crippen LogP contribution >= 0.6 is 0 Å². The van der Waals surface area contributed by atoms with Crippen LogP contribution in [0.5, 0.6) is 0 Å². The first-order valence-electron chi connectivity index (χ1n) is 6.18. The van der Waals surface area contributed by atoms with Crippen LogP contribution in [0.4, 0.5) is 0 Å². The third-order valence-electron chi connectivity index (χ3n) is 3.30. The molecular weight excluding hydrogens is 276 g/mol. The predicted molar refractivity (Wildman–Crippen MR) is 63.4 cm³/mol. The molecule has 0 saturated carbocycles. The molecule has 0 spiro atoms. The zero-order valence-electron chi connectivity index (χ0n) is 11.0. The summed E-state index contributed by atoms with van der Waals surface area (Å²) in [6, 6.07) is 0. The van der Waals surface area contributed by atoms with Gasteiger partial charge in [0.05, 0.1) is 19.8 Å². The fourth-order valence-corrected chi connectivity index (χ4v) is 1.68. The van der Waals surface area contributed by atoms with Gasteiger partial charge in [0.2, 0.25) is 0 Å². The van der Waals surface area contributed by atoms with Crippen molar-refractivity contribution in [1.82, 2.24) is 0 Å². The minimum atomic E-state index is -1.80. The smallest absolute Gasteiger partial charge is 0.186 e. The van der Waals surface area contributed by atoms with Crippen LogP contribution in [0.2, 0.25) is 0 Å². The van der Waals surface area contributed by atoms with E-state index >= 15 is 0 Å². The van der Waals surface area contributed by atoms with Gasteiger partial charge in [0.15, 0.2) is 6.29 Å². The van der Waals surface area contributed by atoms with Gasteiger partial charge >= 0.3 is 0 Å². The average molecular weight is 298 g/mol. The molecule has 1 aliphatic rings. The number of hydrogen-bond acceptors (Lipinski definition) is 9. The van der Waals surface area contributed by atoms with Gasteiger partial charge in [0, 0.05) is 0 Å². The molecule has 0 amide bonds. The summed E-state index contributed by atoms with van der Waals surface area (Å²) in [5, 5.41) is 65.7. The summed E-state index contributed by atoms with van der Waals surface area (Å²) in [4.78, 5) is 0. The van der Waals surface area contributed by atoms with E-state index in [1.54, 1.807) is 0 Å². The number of aliphatic hydroxyl groups is 7. The van der Waals surface area contributed by atoms with Gasteiger partial charge < -0.3 is 45.2 Å². The van der Waals surface area contributed by atoms with Crippen LogP contribution < -0.4 is 0 Å². The van der Waals surface area contributed by atoms with E-state index < -0.39 is 62.2 Å². The summed E-state index contributed by atoms with van der Waals surface area (Å²) in [6.07, 6.45) is -8.63. The van der Waals surface area contributed by atoms with E-state index in [9.17, 15) is 25.5 Å². The van der Waals surface area contributed by atoms with Gasteiger partial charge in [-0.05, 0) is 6.92 Å². The second-order valence-electron chi connectivity index (χ2n) is 5.06. The van der Waals surface area contributed by atoms with E-state index in [4.69, 9.17) is 19.7 Å². The van der Waals surface area contributed by atoms with Crippen LogP contribution in [0.3, 0.4) is 0 Å². The summed E-state index contributed by atoms with van der Waals surface area (Å²) in [7, 11) is 0. The Kier molecular flexibility index (Phi) is 6.25. The van der Waals surface area contributed by atoms with Gasteiger partial charge in [0.1, 0.15) is 36.1 Å². The fourth-order valence-electron chi connectivity index (χ4n) is 1.68. The first-order chi connectivity index (χ1) is 9.24. The van der Waals surface area contributed by atoms with Crippen molar-refractivity contribution in [3.63, 3.8) is 0 Å². The Morgan fingerprint density at radius 3 is 2.25 bits per heavy atom. The van der Waals surface area contributed by atoms with Crippen LogP contribution in [-0.4, -0.2) is 98.0 Å². The molecule has 0 aromatic rings. The molecule has 20 heavy (non-hydrogen) atoms. The molecule has 0 aliphatic carbocycles. The first-order valence-corrected chi connectivity index (χ1v) is 6.18. The van der Waals surface area contributed by atoms with Crippen LogP contribution in [0.1, 0.15) is 6.92 Å². The van der Waals surface area contributed by atoms with E-state index in [0.29, 0.717) is 0 Å². The molecule has 0 aromatic carbocycles. The standard InChI is InChI=1S/C11H22O9/c1-11(18,4-13)6(14)3-19-10-9(17)8(16)7(15)5(2-12)20-10/h5-10,12-18H,2-4H2,1H3. The molecule has 9 nitrogen and oxygen atoms in total. The number of ether oxygens (including phenoxy) is 2. The SMILES string of the molecule is CC(O)(CO)C(O)COC1OC(CO)C(O)C(O)C1O. The molecule has 1 fully saturated rings. The summed E-state index contributed by atoms with van der Waals surface area (Å²) in [6.45, 7) is -0.599. The fraction of sp³-hybridized carbons (Fsp3) is 1.00. The van der Waals surface area contributed by atoms with Gasteiger partial charge in [-0.1, -0.05) is 0 Å². The lowest BCUT2D eigenvalue weighted by Crippen LogP contribution is -2.59. The monoisotopic (exact) mass is 298 g/mol. The van der Waals surface area contributed by atoms with Crippen LogP contribution in [0.25, 0.3) is 0 Å². The van der Waals surface area contributed by atoms with E-state index in [1.165, 1.54) is 6.92 Å². The molecule has 1 heterocycles. The van der Waals surface area contributed by atoms with Crippen molar-refractivity contribution in [3.05, 3.63) is 0 Å². The largest absolute Gasteiger partial charge is 0.394 e. The number of hydrogen-bond donors (Lipinski definition) is 7. The van der Waals surface area contributed by atoms with Gasteiger partial charge in [-0.15, -0.1) is 0 Å². The second kappa shape index (κ2) is 7.07. The average Bonchev–Trinajstić information content (AvgIpc) is 2.43. The molecule has 9 heteroatoms. The number of rotatable bonds is 6. The summed E-state index contributed by atoms with van der Waals surface area (Å²) in [5.74, 6) is 0. The Bertz CT molecular complexity index is 296. The Morgan fingerprint density at radius 1 is 1.15 bits per heavy atom. The molecular formula is C11H22O9. The zero-order valence-corrected chi connectivity index (χ0v) is 11.0. The molecule has 0 aromatic heterocycles. The molecule has 120 valence electrons. The summed E-state index contributed by atoms with van der Waals surface area (Å²) in [5.41, 5.74) is -1.80. The topological polar surface area (TPSA) is 160 Å². The van der Waals surface area contributed by atoms with Gasteiger partial charge in [-0.2, -0.15) is 0 Å². The Balaban J connectivity index is 2.58. The zero-order chi connectivity index (χ0) is 15.5. The lowest BCUT2D eigenvalue weighted by molar-refractivity contribution is -0.307. The summed E-state index contributed by atoms with van der Waals surface area (Å²) < 4.78 is 10.1. The second-order valence-corrected chi connectivity index (χ2v) is 5.06. The van der Waals surface area contributed by atoms with Crippen molar-refractivity contribution >= 4 is 0 Å². The maximum Gasteiger partial charge on any atom is 0.186 e. The van der Waals surface area contributed by atoms with E-state index in [0.717, 1.165) is 0 Å². The Labute approximate surface area is 115 Å². The molecule has 7 unspecified atom stereocenters. The highest BCUT2D eigenvalue weighted by Gasteiger charge is 2.44. The summed E-state index contributed by atoms with van der Waals surface area (Å²) >= 11 is 0. The molecule has 7 N–H and O–H groups in total. The third-order valence-corrected chi connectivity index (χ3v) is 3.30. The van der Waals surface area contributed by atoms with Crippen LogP contribution in [-0.2, 0) is 9.47 Å². The van der Waals surface area contributed by atoms with Crippen LogP contribution in [0, 0.1) is 0 Å². The minimum Gasteiger partial charge on any atom is -0.394 e. The maximum atomic E-state index is 9.66. The Hall–Kier alpha value is -0.360. The van der Waals surface area contributed by atoms with Crippen molar-refractivity contribution < 1.29 is 45.2 Å². The molecule has 0 bridgehead atoms. The molecule has 0 radical (unpaired) electrons. The first kappa shape index (κ1) is 17.7. The molecule has 1 aliphatic heterocycles. The normalized spacial score (nSPS) is 39.3. The predicted octanol–water partition coefficient (Wildman–Crippen LogP) is -4.09.